The van der Waals surface area contributed by atoms with E-state index < -0.39 is 18.5 Å². The van der Waals surface area contributed by atoms with Gasteiger partial charge in [0.25, 0.3) is 5.91 Å². The van der Waals surface area contributed by atoms with E-state index in [1.54, 1.807) is 10.7 Å². The average molecular weight is 461 g/mol. The van der Waals surface area contributed by atoms with Gasteiger partial charge >= 0.3 is 5.97 Å². The van der Waals surface area contributed by atoms with Crippen molar-refractivity contribution in [2.45, 2.75) is 6.92 Å². The minimum Gasteiger partial charge on any atom is -0.451 e. The standard InChI is InChI=1S/C20H14Cl2N4O3S/c1-11-14-8-16(30-19(14)26(25-11)13-5-3-2-4-6-13)20(28)29-10-17(27)24-18-15(22)7-12(21)9-23-18/h2-9H,10H2,1H3,(H,23,24,27). The molecule has 4 rings (SSSR count). The predicted octanol–water partition coefficient (Wildman–Crippen LogP) is 4.89. The maximum absolute atomic E-state index is 12.5. The van der Waals surface area contributed by atoms with Gasteiger partial charge in [0.2, 0.25) is 0 Å². The van der Waals surface area contributed by atoms with Crippen LogP contribution in [0.3, 0.4) is 0 Å². The van der Waals surface area contributed by atoms with Crippen molar-refractivity contribution in [2.75, 3.05) is 11.9 Å². The van der Waals surface area contributed by atoms with Crippen LogP contribution in [-0.4, -0.2) is 33.2 Å². The molecule has 0 aliphatic carbocycles. The summed E-state index contributed by atoms with van der Waals surface area (Å²) in [4.78, 5) is 29.7. The molecule has 0 bridgehead atoms. The largest absolute Gasteiger partial charge is 0.451 e. The normalized spacial score (nSPS) is 10.9. The first-order valence-electron chi connectivity index (χ1n) is 8.75. The molecule has 0 spiro atoms. The van der Waals surface area contributed by atoms with E-state index in [1.165, 1.54) is 23.6 Å². The Hall–Kier alpha value is -2.94. The van der Waals surface area contributed by atoms with Crippen LogP contribution in [-0.2, 0) is 9.53 Å². The number of carbonyl (C=O) groups is 2. The topological polar surface area (TPSA) is 86.1 Å². The molecule has 3 heterocycles. The van der Waals surface area contributed by atoms with Crippen molar-refractivity contribution in [3.63, 3.8) is 0 Å². The van der Waals surface area contributed by atoms with E-state index in [9.17, 15) is 9.59 Å². The highest BCUT2D eigenvalue weighted by atomic mass is 35.5. The van der Waals surface area contributed by atoms with Crippen LogP contribution in [0, 0.1) is 6.92 Å². The number of aryl methyl sites for hydroxylation is 1. The second-order valence-corrected chi connectivity index (χ2v) is 8.14. The number of aromatic nitrogens is 3. The quantitative estimate of drug-likeness (QED) is 0.428. The number of anilines is 1. The van der Waals surface area contributed by atoms with Crippen LogP contribution in [0.2, 0.25) is 10.0 Å². The maximum Gasteiger partial charge on any atom is 0.348 e. The molecule has 1 N–H and O–H groups in total. The van der Waals surface area contributed by atoms with Crippen molar-refractivity contribution in [2.24, 2.45) is 0 Å². The Morgan fingerprint density at radius 3 is 2.70 bits per heavy atom. The lowest BCUT2D eigenvalue weighted by atomic mass is 10.3. The van der Waals surface area contributed by atoms with Crippen molar-refractivity contribution in [1.29, 1.82) is 0 Å². The van der Waals surface area contributed by atoms with Crippen LogP contribution in [0.5, 0.6) is 0 Å². The highest BCUT2D eigenvalue weighted by molar-refractivity contribution is 7.20. The Kier molecular flexibility index (Phi) is 5.72. The number of thiophene rings is 1. The van der Waals surface area contributed by atoms with Crippen molar-refractivity contribution in [3.05, 3.63) is 69.3 Å². The van der Waals surface area contributed by atoms with Gasteiger partial charge in [-0.1, -0.05) is 41.4 Å². The third kappa shape index (κ3) is 4.16. The number of halogens is 2. The highest BCUT2D eigenvalue weighted by Crippen LogP contribution is 2.30. The van der Waals surface area contributed by atoms with E-state index in [-0.39, 0.29) is 10.8 Å². The lowest BCUT2D eigenvalue weighted by Gasteiger charge is -2.07. The molecule has 4 aromatic rings. The summed E-state index contributed by atoms with van der Waals surface area (Å²) in [7, 11) is 0. The Morgan fingerprint density at radius 2 is 1.97 bits per heavy atom. The van der Waals surface area contributed by atoms with Crippen LogP contribution in [0.1, 0.15) is 15.4 Å². The van der Waals surface area contributed by atoms with E-state index in [0.717, 1.165) is 21.6 Å². The summed E-state index contributed by atoms with van der Waals surface area (Å²) in [6.07, 6.45) is 1.35. The molecule has 0 aliphatic rings. The van der Waals surface area contributed by atoms with Gasteiger partial charge in [0.1, 0.15) is 9.71 Å². The number of amides is 1. The lowest BCUT2D eigenvalue weighted by Crippen LogP contribution is -2.21. The molecule has 0 saturated carbocycles. The van der Waals surface area contributed by atoms with Gasteiger partial charge in [0.05, 0.1) is 21.4 Å². The zero-order chi connectivity index (χ0) is 21.3. The monoisotopic (exact) mass is 460 g/mol. The number of esters is 1. The van der Waals surface area contributed by atoms with Crippen molar-refractivity contribution < 1.29 is 14.3 Å². The minimum absolute atomic E-state index is 0.141. The summed E-state index contributed by atoms with van der Waals surface area (Å²) >= 11 is 13.0. The number of nitrogens with one attached hydrogen (secondary N) is 1. The Balaban J connectivity index is 1.46. The van der Waals surface area contributed by atoms with Crippen molar-refractivity contribution in [3.8, 4) is 5.69 Å². The molecule has 30 heavy (non-hydrogen) atoms. The SMILES string of the molecule is Cc1nn(-c2ccccc2)c2sc(C(=O)OCC(=O)Nc3ncc(Cl)cc3Cl)cc12. The first-order chi connectivity index (χ1) is 14.4. The number of fused-ring (bicyclic) bond motifs is 1. The number of hydrogen-bond acceptors (Lipinski definition) is 6. The van der Waals surface area contributed by atoms with E-state index in [4.69, 9.17) is 27.9 Å². The van der Waals surface area contributed by atoms with Gasteiger partial charge in [-0.25, -0.2) is 14.5 Å². The third-order valence-corrected chi connectivity index (χ3v) is 5.73. The summed E-state index contributed by atoms with van der Waals surface area (Å²) in [6, 6.07) is 12.8. The smallest absolute Gasteiger partial charge is 0.348 e. The second-order valence-electron chi connectivity index (χ2n) is 6.27. The molecule has 10 heteroatoms. The highest BCUT2D eigenvalue weighted by Gasteiger charge is 2.19. The lowest BCUT2D eigenvalue weighted by molar-refractivity contribution is -0.119. The summed E-state index contributed by atoms with van der Waals surface area (Å²) in [6.45, 7) is 1.40. The molecule has 0 aliphatic heterocycles. The number of rotatable bonds is 5. The van der Waals surface area contributed by atoms with Gasteiger partial charge in [0.15, 0.2) is 12.4 Å². The average Bonchev–Trinajstić information content (AvgIpc) is 3.30. The molecule has 152 valence electrons. The van der Waals surface area contributed by atoms with Crippen LogP contribution < -0.4 is 5.32 Å². The molecule has 7 nitrogen and oxygen atoms in total. The zero-order valence-corrected chi connectivity index (χ0v) is 17.9. The fourth-order valence-corrected chi connectivity index (χ4v) is 4.27. The number of carbonyl (C=O) groups excluding carboxylic acids is 2. The molecule has 0 radical (unpaired) electrons. The zero-order valence-electron chi connectivity index (χ0n) is 15.6. The van der Waals surface area contributed by atoms with E-state index in [1.807, 2.05) is 37.3 Å². The first kappa shape index (κ1) is 20.3. The fourth-order valence-electron chi connectivity index (χ4n) is 2.77. The molecular formula is C20H14Cl2N4O3S. The number of benzene rings is 1. The Morgan fingerprint density at radius 1 is 1.20 bits per heavy atom. The predicted molar refractivity (Wildman–Crippen MR) is 117 cm³/mol. The van der Waals surface area contributed by atoms with Gasteiger partial charge in [-0.2, -0.15) is 5.10 Å². The maximum atomic E-state index is 12.5. The number of pyridine rings is 1. The summed E-state index contributed by atoms with van der Waals surface area (Å²) in [5.41, 5.74) is 1.69. The van der Waals surface area contributed by atoms with Crippen LogP contribution in [0.15, 0.2) is 48.7 Å². The molecule has 0 atom stereocenters. The number of hydrogen-bond donors (Lipinski definition) is 1. The van der Waals surface area contributed by atoms with E-state index >= 15 is 0 Å². The van der Waals surface area contributed by atoms with Gasteiger partial charge < -0.3 is 10.1 Å². The Labute approximate surface area is 185 Å². The molecular weight excluding hydrogens is 447 g/mol. The van der Waals surface area contributed by atoms with Crippen LogP contribution in [0.4, 0.5) is 5.82 Å². The minimum atomic E-state index is -0.597. The number of nitrogens with zero attached hydrogens (tertiary/aromatic N) is 3. The molecule has 1 aromatic carbocycles. The van der Waals surface area contributed by atoms with Gasteiger partial charge in [-0.3, -0.25) is 4.79 Å². The third-order valence-electron chi connectivity index (χ3n) is 4.15. The summed E-state index contributed by atoms with van der Waals surface area (Å²) in [5.74, 6) is -1.02. The van der Waals surface area contributed by atoms with Gasteiger partial charge in [-0.15, -0.1) is 11.3 Å². The van der Waals surface area contributed by atoms with Gasteiger partial charge in [-0.05, 0) is 31.2 Å². The van der Waals surface area contributed by atoms with Crippen LogP contribution in [0.25, 0.3) is 15.9 Å². The van der Waals surface area contributed by atoms with Crippen molar-refractivity contribution in [1.82, 2.24) is 14.8 Å². The molecule has 0 fully saturated rings. The number of ether oxygens (including phenoxy) is 1. The second kappa shape index (κ2) is 8.43. The van der Waals surface area contributed by atoms with E-state index in [2.05, 4.69) is 15.4 Å². The van der Waals surface area contributed by atoms with Gasteiger partial charge in [0, 0.05) is 11.6 Å². The molecule has 3 aromatic heterocycles. The Bertz CT molecular complexity index is 1250. The molecule has 0 saturated heterocycles. The van der Waals surface area contributed by atoms with E-state index in [0.29, 0.717) is 9.90 Å². The summed E-state index contributed by atoms with van der Waals surface area (Å²) < 4.78 is 6.93. The molecule has 1 amide bonds. The van der Waals surface area contributed by atoms with Crippen LogP contribution >= 0.6 is 34.5 Å². The van der Waals surface area contributed by atoms with Crippen molar-refractivity contribution >= 4 is 62.4 Å². The fraction of sp³-hybridized carbons (Fsp3) is 0.100. The number of para-hydroxylation sites is 1. The summed E-state index contributed by atoms with van der Waals surface area (Å²) in [5, 5.41) is 8.41. The molecule has 0 unspecified atom stereocenters. The first-order valence-corrected chi connectivity index (χ1v) is 10.3.